The number of aromatic nitrogens is 1. The molecule has 0 spiro atoms. The molecule has 0 bridgehead atoms. The molecule has 142 valence electrons. The second-order valence-corrected chi connectivity index (χ2v) is 7.31. The van der Waals surface area contributed by atoms with Gasteiger partial charge >= 0.3 is 0 Å². The molecule has 1 aliphatic heterocycles. The third-order valence-corrected chi connectivity index (χ3v) is 5.34. The SMILES string of the molecule is Cc1cc(C)c(CC(=O)N2CCCN(C(=O)c3cccnc3)CC2)cc1C. The van der Waals surface area contributed by atoms with Crippen LogP contribution in [0.4, 0.5) is 0 Å². The van der Waals surface area contributed by atoms with Crippen molar-refractivity contribution in [3.05, 3.63) is 64.5 Å². The van der Waals surface area contributed by atoms with Gasteiger partial charge in [-0.05, 0) is 61.6 Å². The molecule has 0 atom stereocenters. The molecule has 2 heterocycles. The van der Waals surface area contributed by atoms with Crippen molar-refractivity contribution >= 4 is 11.8 Å². The molecular weight excluding hydrogens is 338 g/mol. The molecule has 5 nitrogen and oxygen atoms in total. The monoisotopic (exact) mass is 365 g/mol. The smallest absolute Gasteiger partial charge is 0.255 e. The third-order valence-electron chi connectivity index (χ3n) is 5.34. The van der Waals surface area contributed by atoms with Crippen molar-refractivity contribution < 1.29 is 9.59 Å². The maximum absolute atomic E-state index is 12.8. The number of nitrogens with zero attached hydrogens (tertiary/aromatic N) is 3. The highest BCUT2D eigenvalue weighted by Crippen LogP contribution is 2.17. The lowest BCUT2D eigenvalue weighted by atomic mass is 9.98. The molecule has 1 fully saturated rings. The van der Waals surface area contributed by atoms with E-state index >= 15 is 0 Å². The van der Waals surface area contributed by atoms with Gasteiger partial charge in [0.1, 0.15) is 0 Å². The summed E-state index contributed by atoms with van der Waals surface area (Å²) in [5, 5.41) is 0. The van der Waals surface area contributed by atoms with Gasteiger partial charge in [-0.3, -0.25) is 14.6 Å². The Morgan fingerprint density at radius 3 is 2.41 bits per heavy atom. The van der Waals surface area contributed by atoms with E-state index in [1.807, 2.05) is 9.80 Å². The number of benzene rings is 1. The number of rotatable bonds is 3. The third kappa shape index (κ3) is 4.54. The Hall–Kier alpha value is -2.69. The number of hydrogen-bond donors (Lipinski definition) is 0. The zero-order valence-corrected chi connectivity index (χ0v) is 16.4. The van der Waals surface area contributed by atoms with E-state index in [4.69, 9.17) is 0 Å². The van der Waals surface area contributed by atoms with Crippen LogP contribution in [-0.2, 0) is 11.2 Å². The van der Waals surface area contributed by atoms with Crippen molar-refractivity contribution in [2.75, 3.05) is 26.2 Å². The van der Waals surface area contributed by atoms with Gasteiger partial charge in [0.15, 0.2) is 0 Å². The summed E-state index contributed by atoms with van der Waals surface area (Å²) in [6, 6.07) is 7.83. The maximum atomic E-state index is 12.8. The fourth-order valence-electron chi connectivity index (χ4n) is 3.53. The minimum atomic E-state index is -0.0117. The van der Waals surface area contributed by atoms with E-state index in [-0.39, 0.29) is 11.8 Å². The second kappa shape index (κ2) is 8.33. The number of carbonyl (C=O) groups excluding carboxylic acids is 2. The Labute approximate surface area is 161 Å². The first kappa shape index (κ1) is 19.1. The lowest BCUT2D eigenvalue weighted by Crippen LogP contribution is -2.38. The number of carbonyl (C=O) groups is 2. The first-order valence-electron chi connectivity index (χ1n) is 9.49. The Morgan fingerprint density at radius 2 is 1.67 bits per heavy atom. The van der Waals surface area contributed by atoms with E-state index in [2.05, 4.69) is 37.9 Å². The molecule has 3 rings (SSSR count). The summed E-state index contributed by atoms with van der Waals surface area (Å²) in [5.41, 5.74) is 5.32. The largest absolute Gasteiger partial charge is 0.341 e. The normalized spacial score (nSPS) is 14.8. The first-order valence-corrected chi connectivity index (χ1v) is 9.49. The summed E-state index contributed by atoms with van der Waals surface area (Å²) in [6.07, 6.45) is 4.47. The zero-order valence-electron chi connectivity index (χ0n) is 16.4. The quantitative estimate of drug-likeness (QED) is 0.840. The van der Waals surface area contributed by atoms with Crippen LogP contribution < -0.4 is 0 Å². The van der Waals surface area contributed by atoms with Crippen molar-refractivity contribution in [3.8, 4) is 0 Å². The van der Waals surface area contributed by atoms with Crippen LogP contribution in [0, 0.1) is 20.8 Å². The van der Waals surface area contributed by atoms with Gasteiger partial charge in [-0.15, -0.1) is 0 Å². The minimum Gasteiger partial charge on any atom is -0.341 e. The van der Waals surface area contributed by atoms with Gasteiger partial charge in [0, 0.05) is 38.6 Å². The Morgan fingerprint density at radius 1 is 0.963 bits per heavy atom. The van der Waals surface area contributed by atoms with Crippen LogP contribution in [0.5, 0.6) is 0 Å². The number of aryl methyl sites for hydroxylation is 3. The van der Waals surface area contributed by atoms with Gasteiger partial charge in [0.25, 0.3) is 5.91 Å². The first-order chi connectivity index (χ1) is 13.0. The average Bonchev–Trinajstić information content (AvgIpc) is 2.92. The van der Waals surface area contributed by atoms with Gasteiger partial charge in [-0.2, -0.15) is 0 Å². The molecule has 1 saturated heterocycles. The van der Waals surface area contributed by atoms with Crippen LogP contribution >= 0.6 is 0 Å². The molecular formula is C22H27N3O2. The molecule has 0 saturated carbocycles. The molecule has 5 heteroatoms. The number of pyridine rings is 1. The van der Waals surface area contributed by atoms with E-state index in [0.717, 1.165) is 17.5 Å². The summed E-state index contributed by atoms with van der Waals surface area (Å²) in [6.45, 7) is 8.73. The highest BCUT2D eigenvalue weighted by atomic mass is 16.2. The summed E-state index contributed by atoms with van der Waals surface area (Å²) >= 11 is 0. The zero-order chi connectivity index (χ0) is 19.4. The predicted molar refractivity (Wildman–Crippen MR) is 106 cm³/mol. The predicted octanol–water partition coefficient (Wildman–Crippen LogP) is 2.92. The number of amides is 2. The van der Waals surface area contributed by atoms with Gasteiger partial charge in [0.2, 0.25) is 5.91 Å². The summed E-state index contributed by atoms with van der Waals surface area (Å²) in [7, 11) is 0. The molecule has 2 amide bonds. The molecule has 27 heavy (non-hydrogen) atoms. The van der Waals surface area contributed by atoms with Crippen LogP contribution in [0.3, 0.4) is 0 Å². The molecule has 0 radical (unpaired) electrons. The van der Waals surface area contributed by atoms with E-state index in [1.54, 1.807) is 24.5 Å². The van der Waals surface area contributed by atoms with E-state index in [9.17, 15) is 9.59 Å². The fraction of sp³-hybridized carbons (Fsp3) is 0.409. The highest BCUT2D eigenvalue weighted by Gasteiger charge is 2.23. The molecule has 1 aromatic heterocycles. The van der Waals surface area contributed by atoms with Gasteiger partial charge < -0.3 is 9.80 Å². The van der Waals surface area contributed by atoms with Gasteiger partial charge in [-0.1, -0.05) is 12.1 Å². The van der Waals surface area contributed by atoms with Crippen LogP contribution in [-0.4, -0.2) is 52.8 Å². The lowest BCUT2D eigenvalue weighted by Gasteiger charge is -2.22. The molecule has 0 aliphatic carbocycles. The van der Waals surface area contributed by atoms with Crippen LogP contribution in [0.1, 0.15) is 39.0 Å². The average molecular weight is 365 g/mol. The molecule has 0 unspecified atom stereocenters. The lowest BCUT2D eigenvalue weighted by molar-refractivity contribution is -0.130. The fourth-order valence-corrected chi connectivity index (χ4v) is 3.53. The van der Waals surface area contributed by atoms with E-state index < -0.39 is 0 Å². The summed E-state index contributed by atoms with van der Waals surface area (Å²) in [5.74, 6) is 0.124. The molecule has 1 aromatic carbocycles. The van der Waals surface area contributed by atoms with E-state index in [0.29, 0.717) is 38.2 Å². The topological polar surface area (TPSA) is 53.5 Å². The minimum absolute atomic E-state index is 0.0117. The molecule has 0 N–H and O–H groups in total. The van der Waals surface area contributed by atoms with Crippen LogP contribution in [0.15, 0.2) is 36.7 Å². The Bertz CT molecular complexity index is 833. The summed E-state index contributed by atoms with van der Waals surface area (Å²) < 4.78 is 0. The Kier molecular flexibility index (Phi) is 5.89. The standard InChI is InChI=1S/C22H27N3O2/c1-16-12-18(3)20(13-17(16)2)14-21(26)24-8-5-9-25(11-10-24)22(27)19-6-4-7-23-15-19/h4,6-7,12-13,15H,5,8-11,14H2,1-3H3. The highest BCUT2D eigenvalue weighted by molar-refractivity contribution is 5.94. The Balaban J connectivity index is 1.63. The van der Waals surface area contributed by atoms with E-state index in [1.165, 1.54) is 11.1 Å². The molecule has 1 aliphatic rings. The van der Waals surface area contributed by atoms with Gasteiger partial charge in [0.05, 0.1) is 12.0 Å². The van der Waals surface area contributed by atoms with Crippen molar-refractivity contribution in [1.82, 2.24) is 14.8 Å². The van der Waals surface area contributed by atoms with Crippen molar-refractivity contribution in [1.29, 1.82) is 0 Å². The molecule has 2 aromatic rings. The van der Waals surface area contributed by atoms with Crippen LogP contribution in [0.25, 0.3) is 0 Å². The van der Waals surface area contributed by atoms with Crippen LogP contribution in [0.2, 0.25) is 0 Å². The van der Waals surface area contributed by atoms with Crippen molar-refractivity contribution in [3.63, 3.8) is 0 Å². The van der Waals surface area contributed by atoms with Gasteiger partial charge in [-0.25, -0.2) is 0 Å². The van der Waals surface area contributed by atoms with Crippen molar-refractivity contribution in [2.24, 2.45) is 0 Å². The summed E-state index contributed by atoms with van der Waals surface area (Å²) in [4.78, 5) is 33.2. The van der Waals surface area contributed by atoms with Crippen molar-refractivity contribution in [2.45, 2.75) is 33.6 Å². The number of hydrogen-bond acceptors (Lipinski definition) is 3. The maximum Gasteiger partial charge on any atom is 0.255 e. The second-order valence-electron chi connectivity index (χ2n) is 7.31.